The maximum atomic E-state index is 4.47. The Morgan fingerprint density at radius 2 is 2.15 bits per heavy atom. The minimum Gasteiger partial charge on any atom is -0.369 e. The first-order chi connectivity index (χ1) is 12.7. The lowest BCUT2D eigenvalue weighted by atomic mass is 9.79. The molecular formula is C20H29N5S. The number of rotatable bonds is 3. The van der Waals surface area contributed by atoms with Gasteiger partial charge in [0.1, 0.15) is 5.37 Å². The van der Waals surface area contributed by atoms with Crippen LogP contribution >= 0.6 is 11.8 Å². The van der Waals surface area contributed by atoms with Crippen molar-refractivity contribution in [1.82, 2.24) is 15.2 Å². The zero-order valence-electron chi connectivity index (χ0n) is 15.7. The minimum absolute atomic E-state index is 0.146. The monoisotopic (exact) mass is 371 g/mol. The zero-order chi connectivity index (χ0) is 18.0. The number of thioether (sulfide) groups is 1. The van der Waals surface area contributed by atoms with Gasteiger partial charge in [-0.2, -0.15) is 5.10 Å². The molecular weight excluding hydrogens is 342 g/mol. The maximum Gasteiger partial charge on any atom is 0.128 e. The van der Waals surface area contributed by atoms with Gasteiger partial charge < -0.3 is 4.90 Å². The predicted molar refractivity (Wildman–Crippen MR) is 111 cm³/mol. The Balaban J connectivity index is 1.59. The largest absolute Gasteiger partial charge is 0.369 e. The SMILES string of the molecule is C=C1/C(C2N=CS2)=C\N/N=C\C=C/1N1CCCC2(CCCCN2CC)C1. The summed E-state index contributed by atoms with van der Waals surface area (Å²) in [5.74, 6) is 0. The topological polar surface area (TPSA) is 43.2 Å². The highest BCUT2D eigenvalue weighted by Crippen LogP contribution is 2.40. The van der Waals surface area contributed by atoms with E-state index >= 15 is 0 Å². The molecule has 1 spiro atoms. The van der Waals surface area contributed by atoms with Crippen LogP contribution in [0.2, 0.25) is 0 Å². The van der Waals surface area contributed by atoms with E-state index in [2.05, 4.69) is 44.9 Å². The summed E-state index contributed by atoms with van der Waals surface area (Å²) in [6.45, 7) is 11.3. The van der Waals surface area contributed by atoms with E-state index in [0.29, 0.717) is 5.54 Å². The van der Waals surface area contributed by atoms with Crippen LogP contribution in [-0.4, -0.2) is 58.7 Å². The highest BCUT2D eigenvalue weighted by Gasteiger charge is 2.42. The molecule has 2 saturated heterocycles. The molecule has 4 aliphatic heterocycles. The van der Waals surface area contributed by atoms with Gasteiger partial charge in [0.05, 0.1) is 5.55 Å². The Hall–Kier alpha value is -1.53. The lowest BCUT2D eigenvalue weighted by molar-refractivity contribution is -0.00279. The molecule has 26 heavy (non-hydrogen) atoms. The van der Waals surface area contributed by atoms with Gasteiger partial charge in [-0.15, -0.1) is 0 Å². The van der Waals surface area contributed by atoms with Crippen LogP contribution in [-0.2, 0) is 0 Å². The van der Waals surface area contributed by atoms with Gasteiger partial charge >= 0.3 is 0 Å². The summed E-state index contributed by atoms with van der Waals surface area (Å²) in [5.41, 5.74) is 8.66. The summed E-state index contributed by atoms with van der Waals surface area (Å²) in [5, 5.41) is 4.42. The third-order valence-electron chi connectivity index (χ3n) is 6.18. The maximum absolute atomic E-state index is 4.47. The van der Waals surface area contributed by atoms with E-state index < -0.39 is 0 Å². The van der Waals surface area contributed by atoms with E-state index in [1.165, 1.54) is 44.3 Å². The second kappa shape index (κ2) is 7.61. The van der Waals surface area contributed by atoms with Crippen LogP contribution < -0.4 is 5.43 Å². The lowest BCUT2D eigenvalue weighted by Crippen LogP contribution is -2.60. The molecule has 1 N–H and O–H groups in total. The van der Waals surface area contributed by atoms with E-state index in [4.69, 9.17) is 0 Å². The molecule has 0 bridgehead atoms. The summed E-state index contributed by atoms with van der Waals surface area (Å²) in [6.07, 6.45) is 12.5. The van der Waals surface area contributed by atoms with Gasteiger partial charge in [-0.05, 0) is 50.4 Å². The smallest absolute Gasteiger partial charge is 0.128 e. The van der Waals surface area contributed by atoms with Crippen molar-refractivity contribution in [3.8, 4) is 0 Å². The zero-order valence-corrected chi connectivity index (χ0v) is 16.5. The summed E-state index contributed by atoms with van der Waals surface area (Å²) in [6, 6.07) is 0. The van der Waals surface area contributed by atoms with Gasteiger partial charge in [-0.1, -0.05) is 31.7 Å². The van der Waals surface area contributed by atoms with E-state index in [1.807, 2.05) is 18.0 Å². The van der Waals surface area contributed by atoms with Crippen LogP contribution in [0.5, 0.6) is 0 Å². The van der Waals surface area contributed by atoms with Gasteiger partial charge in [0.15, 0.2) is 0 Å². The van der Waals surface area contributed by atoms with E-state index in [0.717, 1.165) is 30.8 Å². The van der Waals surface area contributed by atoms with Crippen molar-refractivity contribution < 1.29 is 0 Å². The average Bonchev–Trinajstić information content (AvgIpc) is 2.60. The molecule has 5 nitrogen and oxygen atoms in total. The van der Waals surface area contributed by atoms with Gasteiger partial charge in [-0.3, -0.25) is 15.3 Å². The minimum atomic E-state index is 0.146. The molecule has 0 aromatic heterocycles. The van der Waals surface area contributed by atoms with Crippen LogP contribution in [0.25, 0.3) is 0 Å². The van der Waals surface area contributed by atoms with Crippen molar-refractivity contribution in [2.24, 2.45) is 10.1 Å². The number of likely N-dealkylation sites (N-methyl/N-ethyl adjacent to an activating group) is 1. The quantitative estimate of drug-likeness (QED) is 0.826. The van der Waals surface area contributed by atoms with Crippen molar-refractivity contribution in [2.75, 3.05) is 26.2 Å². The molecule has 140 valence electrons. The molecule has 4 heterocycles. The third-order valence-corrected chi connectivity index (χ3v) is 7.06. The Bertz CT molecular complexity index is 676. The fourth-order valence-electron chi connectivity index (χ4n) is 4.81. The molecule has 6 heteroatoms. The Morgan fingerprint density at radius 1 is 1.31 bits per heavy atom. The molecule has 0 saturated carbocycles. The molecule has 2 atom stereocenters. The molecule has 0 amide bonds. The molecule has 0 aromatic rings. The normalized spacial score (nSPS) is 37.7. The van der Waals surface area contributed by atoms with E-state index in [-0.39, 0.29) is 5.37 Å². The van der Waals surface area contributed by atoms with Crippen molar-refractivity contribution in [3.05, 3.63) is 35.7 Å². The van der Waals surface area contributed by atoms with Crippen molar-refractivity contribution in [1.29, 1.82) is 0 Å². The summed E-state index contributed by atoms with van der Waals surface area (Å²) >= 11 is 1.74. The molecule has 2 unspecified atom stereocenters. The predicted octanol–water partition coefficient (Wildman–Crippen LogP) is 3.34. The van der Waals surface area contributed by atoms with Crippen molar-refractivity contribution in [3.63, 3.8) is 0 Å². The third kappa shape index (κ3) is 3.25. The van der Waals surface area contributed by atoms with Gasteiger partial charge in [0.25, 0.3) is 0 Å². The van der Waals surface area contributed by atoms with Crippen molar-refractivity contribution in [2.45, 2.75) is 49.9 Å². The number of nitrogens with zero attached hydrogens (tertiary/aromatic N) is 4. The first kappa shape index (κ1) is 17.9. The molecule has 2 fully saturated rings. The second-order valence-corrected chi connectivity index (χ2v) is 8.50. The molecule has 4 rings (SSSR count). The molecule has 0 radical (unpaired) electrons. The lowest BCUT2D eigenvalue weighted by Gasteiger charge is -2.53. The number of hydrazone groups is 1. The van der Waals surface area contributed by atoms with Crippen LogP contribution in [0, 0.1) is 0 Å². The summed E-state index contributed by atoms with van der Waals surface area (Å²) < 4.78 is 0. The van der Waals surface area contributed by atoms with Crippen LogP contribution in [0.4, 0.5) is 0 Å². The second-order valence-electron chi connectivity index (χ2n) is 7.57. The fraction of sp³-hybridized carbons (Fsp3) is 0.600. The molecule has 0 aliphatic carbocycles. The number of aliphatic imine (C=N–C) groups is 1. The Morgan fingerprint density at radius 3 is 2.92 bits per heavy atom. The van der Waals surface area contributed by atoms with E-state index in [1.54, 1.807) is 11.8 Å². The first-order valence-electron chi connectivity index (χ1n) is 9.79. The highest BCUT2D eigenvalue weighted by molar-refractivity contribution is 8.14. The molecule has 0 aromatic carbocycles. The van der Waals surface area contributed by atoms with Crippen LogP contribution in [0.15, 0.2) is 45.8 Å². The number of piperidine rings is 2. The van der Waals surface area contributed by atoms with Crippen LogP contribution in [0.3, 0.4) is 0 Å². The standard InChI is InChI=1S/C20H29N5S/c1-3-25-12-5-4-8-20(25)9-6-11-24(14-20)18-7-10-22-23-13-17(16(18)2)19-21-15-26-19/h7,10,13,15,19,23H,2-6,8-9,11-12,14H2,1H3/b17-13+,18-7+,22-10-. The Labute approximate surface area is 161 Å². The van der Waals surface area contributed by atoms with Gasteiger partial charge in [0.2, 0.25) is 0 Å². The number of allylic oxidation sites excluding steroid dienone is 2. The number of nitrogens with one attached hydrogen (secondary N) is 1. The average molecular weight is 372 g/mol. The van der Waals surface area contributed by atoms with E-state index in [9.17, 15) is 0 Å². The highest BCUT2D eigenvalue weighted by atomic mass is 32.2. The van der Waals surface area contributed by atoms with Gasteiger partial charge in [-0.25, -0.2) is 0 Å². The van der Waals surface area contributed by atoms with Gasteiger partial charge in [0, 0.05) is 42.3 Å². The Kier molecular flexibility index (Phi) is 5.23. The number of hydrogen-bond donors (Lipinski definition) is 1. The number of likely N-dealkylation sites (tertiary alicyclic amines) is 2. The summed E-state index contributed by atoms with van der Waals surface area (Å²) in [4.78, 5) is 9.75. The fourth-order valence-corrected chi connectivity index (χ4v) is 5.41. The molecule has 4 aliphatic rings. The first-order valence-corrected chi connectivity index (χ1v) is 10.7. The summed E-state index contributed by atoms with van der Waals surface area (Å²) in [7, 11) is 0. The van der Waals surface area contributed by atoms with Crippen molar-refractivity contribution >= 4 is 23.5 Å². The number of hydrogen-bond acceptors (Lipinski definition) is 6. The van der Waals surface area contributed by atoms with Crippen LogP contribution in [0.1, 0.15) is 39.0 Å².